The Kier molecular flexibility index (Phi) is 5.88. The van der Waals surface area contributed by atoms with Gasteiger partial charge in [-0.3, -0.25) is 0 Å². The number of ether oxygens (including phenoxy) is 1. The van der Waals surface area contributed by atoms with Gasteiger partial charge >= 0.3 is 0 Å². The second-order valence-electron chi connectivity index (χ2n) is 5.15. The van der Waals surface area contributed by atoms with Crippen LogP contribution in [0.3, 0.4) is 0 Å². The molecule has 0 atom stereocenters. The van der Waals surface area contributed by atoms with E-state index >= 15 is 0 Å². The first-order valence-corrected chi connectivity index (χ1v) is 8.71. The Hall–Kier alpha value is -2.20. The molecule has 2 aromatic rings. The maximum absolute atomic E-state index is 12.2. The van der Waals surface area contributed by atoms with Crippen molar-refractivity contribution in [1.82, 2.24) is 4.72 Å². The molecule has 0 heterocycles. The quantitative estimate of drug-likeness (QED) is 0.845. The van der Waals surface area contributed by atoms with Gasteiger partial charge < -0.3 is 4.74 Å². The summed E-state index contributed by atoms with van der Waals surface area (Å²) in [6.45, 7) is 0.708. The molecule has 0 spiro atoms. The van der Waals surface area contributed by atoms with Gasteiger partial charge in [-0.2, -0.15) is 5.26 Å². The summed E-state index contributed by atoms with van der Waals surface area (Å²) in [5.74, 6) is -0.152. The van der Waals surface area contributed by atoms with Crippen molar-refractivity contribution in [3.63, 3.8) is 0 Å². The van der Waals surface area contributed by atoms with Crippen LogP contribution >= 0.6 is 0 Å². The highest BCUT2D eigenvalue weighted by Gasteiger charge is 2.12. The second-order valence-corrected chi connectivity index (χ2v) is 6.95. The van der Waals surface area contributed by atoms with Crippen molar-refractivity contribution in [3.05, 3.63) is 70.8 Å². The highest BCUT2D eigenvalue weighted by molar-refractivity contribution is 7.88. The van der Waals surface area contributed by atoms with Crippen molar-refractivity contribution >= 4 is 10.0 Å². The van der Waals surface area contributed by atoms with Crippen molar-refractivity contribution in [1.29, 1.82) is 5.26 Å². The second kappa shape index (κ2) is 7.88. The Labute approximate surface area is 136 Å². The summed E-state index contributed by atoms with van der Waals surface area (Å²) < 4.78 is 32.0. The van der Waals surface area contributed by atoms with Gasteiger partial charge in [0.1, 0.15) is 0 Å². The SMILES string of the molecule is COCc1cccc(CNS(=O)(=O)Cc2cccc(C#N)c2)c1. The third-order valence-electron chi connectivity index (χ3n) is 3.21. The molecule has 0 radical (unpaired) electrons. The Morgan fingerprint density at radius 3 is 2.52 bits per heavy atom. The molecule has 2 rings (SSSR count). The molecule has 1 N–H and O–H groups in total. The molecular formula is C17H18N2O3S. The van der Waals surface area contributed by atoms with Crippen LogP contribution in [0.1, 0.15) is 22.3 Å². The average molecular weight is 330 g/mol. The molecule has 0 aliphatic carbocycles. The van der Waals surface area contributed by atoms with E-state index in [1.807, 2.05) is 30.3 Å². The van der Waals surface area contributed by atoms with E-state index in [9.17, 15) is 8.42 Å². The Morgan fingerprint density at radius 2 is 1.78 bits per heavy atom. The molecule has 0 bridgehead atoms. The Morgan fingerprint density at radius 1 is 1.09 bits per heavy atom. The van der Waals surface area contributed by atoms with Gasteiger partial charge in [0.05, 0.1) is 24.0 Å². The minimum absolute atomic E-state index is 0.152. The first kappa shape index (κ1) is 17.2. The van der Waals surface area contributed by atoms with E-state index in [4.69, 9.17) is 10.00 Å². The molecule has 0 saturated heterocycles. The maximum atomic E-state index is 12.2. The van der Waals surface area contributed by atoms with E-state index in [2.05, 4.69) is 4.72 Å². The number of benzene rings is 2. The summed E-state index contributed by atoms with van der Waals surface area (Å²) in [5, 5.41) is 8.86. The molecule has 2 aromatic carbocycles. The lowest BCUT2D eigenvalue weighted by molar-refractivity contribution is 0.185. The van der Waals surface area contributed by atoms with Gasteiger partial charge in [0.2, 0.25) is 10.0 Å². The summed E-state index contributed by atoms with van der Waals surface area (Å²) in [7, 11) is -1.86. The zero-order valence-corrected chi connectivity index (χ0v) is 13.6. The predicted molar refractivity (Wildman–Crippen MR) is 87.8 cm³/mol. The molecular weight excluding hydrogens is 312 g/mol. The van der Waals surface area contributed by atoms with Crippen molar-refractivity contribution in [2.24, 2.45) is 0 Å². The van der Waals surface area contributed by atoms with Crippen LogP contribution in [0, 0.1) is 11.3 Å². The number of methoxy groups -OCH3 is 1. The van der Waals surface area contributed by atoms with Gasteiger partial charge in [-0.05, 0) is 28.8 Å². The summed E-state index contributed by atoms with van der Waals surface area (Å²) in [4.78, 5) is 0. The van der Waals surface area contributed by atoms with Crippen LogP contribution in [0.15, 0.2) is 48.5 Å². The van der Waals surface area contributed by atoms with Gasteiger partial charge in [0.15, 0.2) is 0 Å². The molecule has 0 unspecified atom stereocenters. The number of sulfonamides is 1. The minimum atomic E-state index is -3.47. The van der Waals surface area contributed by atoms with Crippen LogP contribution in [0.5, 0.6) is 0 Å². The van der Waals surface area contributed by atoms with Crippen LogP contribution in [0.2, 0.25) is 0 Å². The normalized spacial score (nSPS) is 11.1. The van der Waals surface area contributed by atoms with Crippen molar-refractivity contribution in [2.75, 3.05) is 7.11 Å². The number of nitrogens with one attached hydrogen (secondary N) is 1. The van der Waals surface area contributed by atoms with Crippen LogP contribution in [0.25, 0.3) is 0 Å². The Bertz CT molecular complexity index is 811. The van der Waals surface area contributed by atoms with Crippen molar-refractivity contribution < 1.29 is 13.2 Å². The summed E-state index contributed by atoms with van der Waals surface area (Å²) in [6, 6.07) is 16.2. The molecule has 0 aromatic heterocycles. The molecule has 23 heavy (non-hydrogen) atoms. The van der Waals surface area contributed by atoms with Crippen LogP contribution in [-0.4, -0.2) is 15.5 Å². The lowest BCUT2D eigenvalue weighted by Crippen LogP contribution is -2.24. The lowest BCUT2D eigenvalue weighted by atomic mass is 10.1. The zero-order valence-electron chi connectivity index (χ0n) is 12.8. The number of hydrogen-bond acceptors (Lipinski definition) is 4. The molecule has 0 fully saturated rings. The van der Waals surface area contributed by atoms with Gasteiger partial charge in [0, 0.05) is 13.7 Å². The standard InChI is InChI=1S/C17H18N2O3S/c1-22-12-16-6-3-5-15(9-16)11-19-23(20,21)13-17-7-2-4-14(8-17)10-18/h2-9,19H,11-13H2,1H3. The van der Waals surface area contributed by atoms with Gasteiger partial charge in [-0.15, -0.1) is 0 Å². The van der Waals surface area contributed by atoms with Gasteiger partial charge in [0.25, 0.3) is 0 Å². The fourth-order valence-electron chi connectivity index (χ4n) is 2.19. The van der Waals surface area contributed by atoms with Gasteiger partial charge in [-0.25, -0.2) is 13.1 Å². The topological polar surface area (TPSA) is 79.2 Å². The monoisotopic (exact) mass is 330 g/mol. The highest BCUT2D eigenvalue weighted by atomic mass is 32.2. The highest BCUT2D eigenvalue weighted by Crippen LogP contribution is 2.10. The maximum Gasteiger partial charge on any atom is 0.216 e. The number of rotatable bonds is 7. The molecule has 120 valence electrons. The van der Waals surface area contributed by atoms with E-state index in [0.717, 1.165) is 11.1 Å². The lowest BCUT2D eigenvalue weighted by Gasteiger charge is -2.08. The molecule has 0 aliphatic rings. The number of hydrogen-bond donors (Lipinski definition) is 1. The third-order valence-corrected chi connectivity index (χ3v) is 4.51. The largest absolute Gasteiger partial charge is 0.380 e. The van der Waals surface area contributed by atoms with Gasteiger partial charge in [-0.1, -0.05) is 36.4 Å². The minimum Gasteiger partial charge on any atom is -0.380 e. The van der Waals surface area contributed by atoms with E-state index in [1.165, 1.54) is 0 Å². The summed E-state index contributed by atoms with van der Waals surface area (Å²) in [6.07, 6.45) is 0. The smallest absolute Gasteiger partial charge is 0.216 e. The first-order valence-electron chi connectivity index (χ1n) is 7.05. The molecule has 0 saturated carbocycles. The Balaban J connectivity index is 2.01. The average Bonchev–Trinajstić information content (AvgIpc) is 2.54. The van der Waals surface area contributed by atoms with Crippen LogP contribution in [-0.2, 0) is 33.7 Å². The van der Waals surface area contributed by atoms with E-state index < -0.39 is 10.0 Å². The van der Waals surface area contributed by atoms with Crippen LogP contribution in [0.4, 0.5) is 0 Å². The van der Waals surface area contributed by atoms with E-state index in [-0.39, 0.29) is 12.3 Å². The van der Waals surface area contributed by atoms with Crippen molar-refractivity contribution in [2.45, 2.75) is 18.9 Å². The fraction of sp³-hybridized carbons (Fsp3) is 0.235. The molecule has 0 aliphatic heterocycles. The third kappa shape index (κ3) is 5.49. The number of nitriles is 1. The number of nitrogens with zero attached hydrogens (tertiary/aromatic N) is 1. The fourth-order valence-corrected chi connectivity index (χ4v) is 3.30. The summed E-state index contributed by atoms with van der Waals surface area (Å²) >= 11 is 0. The van der Waals surface area contributed by atoms with E-state index in [1.54, 1.807) is 31.4 Å². The zero-order chi connectivity index (χ0) is 16.7. The molecule has 5 nitrogen and oxygen atoms in total. The molecule has 6 heteroatoms. The van der Waals surface area contributed by atoms with Crippen LogP contribution < -0.4 is 4.72 Å². The summed E-state index contributed by atoms with van der Waals surface area (Å²) in [5.41, 5.74) is 2.90. The first-order chi connectivity index (χ1) is 11.0. The van der Waals surface area contributed by atoms with E-state index in [0.29, 0.717) is 17.7 Å². The predicted octanol–water partition coefficient (Wildman–Crippen LogP) is 2.32. The molecule has 0 amide bonds. The van der Waals surface area contributed by atoms with Crippen molar-refractivity contribution in [3.8, 4) is 6.07 Å².